The summed E-state index contributed by atoms with van der Waals surface area (Å²) in [7, 11) is 0. The van der Waals surface area contributed by atoms with Crippen LogP contribution in [-0.2, 0) is 9.53 Å². The predicted molar refractivity (Wildman–Crippen MR) is 104 cm³/mol. The Labute approximate surface area is 157 Å². The molecular weight excluding hydrogens is 346 g/mol. The summed E-state index contributed by atoms with van der Waals surface area (Å²) in [5, 5.41) is 5.09. The Bertz CT molecular complexity index is 831. The molecule has 7 nitrogen and oxygen atoms in total. The van der Waals surface area contributed by atoms with Gasteiger partial charge in [-0.15, -0.1) is 0 Å². The fourth-order valence-corrected chi connectivity index (χ4v) is 2.34. The van der Waals surface area contributed by atoms with E-state index < -0.39 is 24.0 Å². The van der Waals surface area contributed by atoms with Crippen LogP contribution in [0.3, 0.4) is 0 Å². The summed E-state index contributed by atoms with van der Waals surface area (Å²) in [6.07, 6.45) is -0.991. The Hall–Kier alpha value is -3.35. The van der Waals surface area contributed by atoms with E-state index in [4.69, 9.17) is 10.5 Å². The number of anilines is 2. The summed E-state index contributed by atoms with van der Waals surface area (Å²) in [5.74, 6) is -0.720. The molecule has 0 fully saturated rings. The van der Waals surface area contributed by atoms with Crippen molar-refractivity contribution in [3.05, 3.63) is 59.7 Å². The number of esters is 1. The molecule has 2 aromatic rings. The van der Waals surface area contributed by atoms with Gasteiger partial charge in [-0.3, -0.25) is 4.79 Å². The molecular formula is C20H23N3O4. The Morgan fingerprint density at radius 2 is 1.59 bits per heavy atom. The maximum absolute atomic E-state index is 12.2. The van der Waals surface area contributed by atoms with Gasteiger partial charge in [0.2, 0.25) is 0 Å². The van der Waals surface area contributed by atoms with E-state index in [1.807, 2.05) is 12.1 Å². The van der Waals surface area contributed by atoms with Gasteiger partial charge in [0.1, 0.15) is 0 Å². The van der Waals surface area contributed by atoms with Crippen molar-refractivity contribution in [1.29, 1.82) is 0 Å². The number of carbonyl (C=O) groups excluding carboxylic acids is 3. The second-order valence-corrected chi connectivity index (χ2v) is 6.38. The van der Waals surface area contributed by atoms with E-state index in [0.717, 1.165) is 5.56 Å². The van der Waals surface area contributed by atoms with Gasteiger partial charge in [0.25, 0.3) is 5.91 Å². The lowest BCUT2D eigenvalue weighted by atomic mass is 10.0. The number of hydrogen-bond acceptors (Lipinski definition) is 4. The van der Waals surface area contributed by atoms with E-state index in [2.05, 4.69) is 24.5 Å². The molecule has 0 aliphatic heterocycles. The van der Waals surface area contributed by atoms with Gasteiger partial charge >= 0.3 is 12.0 Å². The third kappa shape index (κ3) is 5.85. The first-order valence-electron chi connectivity index (χ1n) is 8.54. The average molecular weight is 369 g/mol. The van der Waals surface area contributed by atoms with E-state index in [-0.39, 0.29) is 5.56 Å². The van der Waals surface area contributed by atoms with Crippen LogP contribution in [0.5, 0.6) is 0 Å². The number of carbonyl (C=O) groups is 3. The van der Waals surface area contributed by atoms with Crippen molar-refractivity contribution in [3.63, 3.8) is 0 Å². The molecule has 0 radical (unpaired) electrons. The molecule has 4 N–H and O–H groups in total. The fourth-order valence-electron chi connectivity index (χ4n) is 2.34. The molecule has 27 heavy (non-hydrogen) atoms. The first-order chi connectivity index (χ1) is 12.8. The Kier molecular flexibility index (Phi) is 6.54. The van der Waals surface area contributed by atoms with Crippen LogP contribution in [0.25, 0.3) is 0 Å². The number of primary amides is 1. The highest BCUT2D eigenvalue weighted by Gasteiger charge is 2.19. The van der Waals surface area contributed by atoms with Crippen LogP contribution >= 0.6 is 0 Å². The van der Waals surface area contributed by atoms with Crippen molar-refractivity contribution >= 4 is 29.3 Å². The summed E-state index contributed by atoms with van der Waals surface area (Å²) in [6.45, 7) is 5.66. The molecule has 2 aromatic carbocycles. The van der Waals surface area contributed by atoms with Gasteiger partial charge in [0.15, 0.2) is 6.10 Å². The van der Waals surface area contributed by atoms with Crippen LogP contribution < -0.4 is 16.4 Å². The molecule has 0 heterocycles. The van der Waals surface area contributed by atoms with Crippen molar-refractivity contribution < 1.29 is 19.1 Å². The monoisotopic (exact) mass is 369 g/mol. The number of nitrogens with one attached hydrogen (secondary N) is 2. The van der Waals surface area contributed by atoms with Crippen LogP contribution in [0, 0.1) is 0 Å². The number of urea groups is 1. The molecule has 0 saturated heterocycles. The molecule has 0 aliphatic rings. The second kappa shape index (κ2) is 8.84. The normalized spacial score (nSPS) is 11.6. The smallest absolute Gasteiger partial charge is 0.338 e. The van der Waals surface area contributed by atoms with Crippen molar-refractivity contribution in [1.82, 2.24) is 0 Å². The minimum atomic E-state index is -0.991. The van der Waals surface area contributed by atoms with Gasteiger partial charge < -0.3 is 21.1 Å². The molecule has 0 spiro atoms. The quantitative estimate of drug-likeness (QED) is 0.677. The van der Waals surface area contributed by atoms with Crippen molar-refractivity contribution in [2.24, 2.45) is 5.73 Å². The molecule has 0 saturated carbocycles. The lowest BCUT2D eigenvalue weighted by Gasteiger charge is -2.14. The zero-order chi connectivity index (χ0) is 20.0. The molecule has 2 rings (SSSR count). The molecule has 3 amide bonds. The minimum Gasteiger partial charge on any atom is -0.449 e. The molecule has 0 aliphatic carbocycles. The van der Waals surface area contributed by atoms with Gasteiger partial charge in [0.05, 0.1) is 5.56 Å². The van der Waals surface area contributed by atoms with Crippen LogP contribution in [-0.4, -0.2) is 24.0 Å². The Balaban J connectivity index is 1.97. The number of hydrogen-bond donors (Lipinski definition) is 3. The Morgan fingerprint density at radius 3 is 2.19 bits per heavy atom. The molecule has 7 heteroatoms. The SMILES string of the molecule is CC(C)c1ccc(NC(=O)[C@@H](C)OC(=O)c2cccc(NC(N)=O)c2)cc1. The van der Waals surface area contributed by atoms with E-state index in [1.54, 1.807) is 24.3 Å². The van der Waals surface area contributed by atoms with Gasteiger partial charge in [-0.05, 0) is 48.7 Å². The van der Waals surface area contributed by atoms with Crippen molar-refractivity contribution in [2.75, 3.05) is 10.6 Å². The summed E-state index contributed by atoms with van der Waals surface area (Å²) < 4.78 is 5.20. The van der Waals surface area contributed by atoms with Gasteiger partial charge in [-0.2, -0.15) is 0 Å². The number of nitrogens with two attached hydrogens (primary N) is 1. The molecule has 0 bridgehead atoms. The Morgan fingerprint density at radius 1 is 0.926 bits per heavy atom. The van der Waals surface area contributed by atoms with Crippen LogP contribution in [0.2, 0.25) is 0 Å². The van der Waals surface area contributed by atoms with E-state index >= 15 is 0 Å². The average Bonchev–Trinajstić information content (AvgIpc) is 2.61. The highest BCUT2D eigenvalue weighted by atomic mass is 16.5. The first kappa shape index (κ1) is 20.0. The largest absolute Gasteiger partial charge is 0.449 e. The second-order valence-electron chi connectivity index (χ2n) is 6.38. The van der Waals surface area contributed by atoms with Gasteiger partial charge in [-0.25, -0.2) is 9.59 Å². The number of rotatable bonds is 6. The van der Waals surface area contributed by atoms with Crippen molar-refractivity contribution in [3.8, 4) is 0 Å². The van der Waals surface area contributed by atoms with Crippen molar-refractivity contribution in [2.45, 2.75) is 32.8 Å². The van der Waals surface area contributed by atoms with Crippen LogP contribution in [0.15, 0.2) is 48.5 Å². The topological polar surface area (TPSA) is 111 Å². The fraction of sp³-hybridized carbons (Fsp3) is 0.250. The molecule has 0 unspecified atom stereocenters. The summed E-state index contributed by atoms with van der Waals surface area (Å²) >= 11 is 0. The highest BCUT2D eigenvalue weighted by molar-refractivity contribution is 5.98. The summed E-state index contributed by atoms with van der Waals surface area (Å²) in [4.78, 5) is 35.4. The summed E-state index contributed by atoms with van der Waals surface area (Å²) in [5.41, 5.74) is 7.40. The third-order valence-electron chi connectivity index (χ3n) is 3.86. The first-order valence-corrected chi connectivity index (χ1v) is 8.54. The van der Waals surface area contributed by atoms with E-state index in [1.165, 1.54) is 19.1 Å². The number of amides is 3. The van der Waals surface area contributed by atoms with E-state index in [0.29, 0.717) is 17.3 Å². The summed E-state index contributed by atoms with van der Waals surface area (Å²) in [6, 6.07) is 12.8. The van der Waals surface area contributed by atoms with Gasteiger partial charge in [0, 0.05) is 11.4 Å². The van der Waals surface area contributed by atoms with E-state index in [9.17, 15) is 14.4 Å². The molecule has 0 aromatic heterocycles. The maximum atomic E-state index is 12.2. The third-order valence-corrected chi connectivity index (χ3v) is 3.86. The lowest BCUT2D eigenvalue weighted by Crippen LogP contribution is -2.30. The lowest BCUT2D eigenvalue weighted by molar-refractivity contribution is -0.123. The van der Waals surface area contributed by atoms with Crippen LogP contribution in [0.1, 0.15) is 42.6 Å². The highest BCUT2D eigenvalue weighted by Crippen LogP contribution is 2.18. The molecule has 1 atom stereocenters. The number of ether oxygens (including phenoxy) is 1. The van der Waals surface area contributed by atoms with Crippen LogP contribution in [0.4, 0.5) is 16.2 Å². The maximum Gasteiger partial charge on any atom is 0.338 e. The standard InChI is InChI=1S/C20H23N3O4/c1-12(2)14-7-9-16(10-8-14)22-18(24)13(3)27-19(25)15-5-4-6-17(11-15)23-20(21)26/h4-13H,1-3H3,(H,22,24)(H3,21,23,26)/t13-/m1/s1. The minimum absolute atomic E-state index is 0.196. The zero-order valence-electron chi connectivity index (χ0n) is 15.5. The van der Waals surface area contributed by atoms with Gasteiger partial charge in [-0.1, -0.05) is 32.0 Å². The predicted octanol–water partition coefficient (Wildman–Crippen LogP) is 3.48. The molecule has 142 valence electrons. The number of benzene rings is 2. The zero-order valence-corrected chi connectivity index (χ0v) is 15.5.